The van der Waals surface area contributed by atoms with Crippen LogP contribution in [0.1, 0.15) is 11.6 Å². The molecule has 1 saturated heterocycles. The molecular weight excluding hydrogens is 131 g/mol. The van der Waals surface area contributed by atoms with Crippen LogP contribution in [-0.4, -0.2) is 11.5 Å². The van der Waals surface area contributed by atoms with Crippen molar-refractivity contribution in [3.8, 4) is 0 Å². The zero-order valence-electron chi connectivity index (χ0n) is 5.34. The highest BCUT2D eigenvalue weighted by atomic mass is 19.1. The average molecular weight is 138 g/mol. The molecule has 52 valence electrons. The Morgan fingerprint density at radius 2 is 2.50 bits per heavy atom. The van der Waals surface area contributed by atoms with Gasteiger partial charge in [-0.15, -0.1) is 0 Å². The third-order valence-electron chi connectivity index (χ3n) is 1.59. The van der Waals surface area contributed by atoms with Gasteiger partial charge in [-0.3, -0.25) is 4.98 Å². The van der Waals surface area contributed by atoms with E-state index in [0.29, 0.717) is 0 Å². The van der Waals surface area contributed by atoms with E-state index in [9.17, 15) is 4.39 Å². The minimum absolute atomic E-state index is 0.211. The molecule has 0 aromatic carbocycles. The maximum atomic E-state index is 12.8. The van der Waals surface area contributed by atoms with Crippen LogP contribution in [0.15, 0.2) is 18.5 Å². The molecule has 0 spiro atoms. The predicted molar refractivity (Wildman–Crippen MR) is 34.9 cm³/mol. The van der Waals surface area contributed by atoms with Crippen molar-refractivity contribution in [2.24, 2.45) is 0 Å². The number of hydrogen-bond acceptors (Lipinski definition) is 2. The van der Waals surface area contributed by atoms with Crippen molar-refractivity contribution in [1.82, 2.24) is 10.3 Å². The number of aromatic nitrogens is 1. The Kier molecular flexibility index (Phi) is 1.17. The molecule has 0 saturated carbocycles. The lowest BCUT2D eigenvalue weighted by Gasteiger charge is -1.95. The van der Waals surface area contributed by atoms with E-state index in [0.717, 1.165) is 12.1 Å². The summed E-state index contributed by atoms with van der Waals surface area (Å²) in [6.07, 6.45) is 2.85. The van der Waals surface area contributed by atoms with E-state index in [1.165, 1.54) is 6.20 Å². The zero-order chi connectivity index (χ0) is 6.97. The molecule has 0 amide bonds. The molecule has 0 unspecified atom stereocenters. The van der Waals surface area contributed by atoms with E-state index in [4.69, 9.17) is 0 Å². The van der Waals surface area contributed by atoms with Crippen LogP contribution in [0.25, 0.3) is 0 Å². The largest absolute Gasteiger partial charge is 0.307 e. The Morgan fingerprint density at radius 3 is 3.10 bits per heavy atom. The number of rotatable bonds is 1. The third kappa shape index (κ3) is 0.885. The molecule has 1 fully saturated rings. The summed E-state index contributed by atoms with van der Waals surface area (Å²) in [6.45, 7) is 0.890. The van der Waals surface area contributed by atoms with E-state index in [1.54, 1.807) is 12.3 Å². The molecule has 10 heavy (non-hydrogen) atoms. The van der Waals surface area contributed by atoms with Gasteiger partial charge in [0.25, 0.3) is 0 Å². The molecular formula is C7H7FN2. The summed E-state index contributed by atoms with van der Waals surface area (Å²) in [4.78, 5) is 3.65. The fourth-order valence-electron chi connectivity index (χ4n) is 0.947. The van der Waals surface area contributed by atoms with Crippen molar-refractivity contribution in [1.29, 1.82) is 0 Å². The normalized spacial score (nSPS) is 22.7. The van der Waals surface area contributed by atoms with Crippen LogP contribution in [0.4, 0.5) is 4.39 Å². The van der Waals surface area contributed by atoms with E-state index in [-0.39, 0.29) is 11.9 Å². The minimum Gasteiger partial charge on any atom is -0.307 e. The summed E-state index contributed by atoms with van der Waals surface area (Å²) < 4.78 is 12.8. The number of nitrogens with one attached hydrogen (secondary N) is 1. The Bertz CT molecular complexity index is 245. The molecule has 1 atom stereocenters. The average Bonchev–Trinajstić information content (AvgIpc) is 2.71. The van der Waals surface area contributed by atoms with Crippen molar-refractivity contribution >= 4 is 0 Å². The van der Waals surface area contributed by atoms with Gasteiger partial charge in [0.05, 0.1) is 6.20 Å². The molecule has 3 heteroatoms. The Balaban J connectivity index is 2.39. The summed E-state index contributed by atoms with van der Waals surface area (Å²) >= 11 is 0. The van der Waals surface area contributed by atoms with Crippen LogP contribution >= 0.6 is 0 Å². The van der Waals surface area contributed by atoms with Crippen LogP contribution in [0.2, 0.25) is 0 Å². The van der Waals surface area contributed by atoms with Gasteiger partial charge in [-0.2, -0.15) is 0 Å². The Labute approximate surface area is 58.1 Å². The second kappa shape index (κ2) is 2.02. The van der Waals surface area contributed by atoms with Gasteiger partial charge >= 0.3 is 0 Å². The van der Waals surface area contributed by atoms with Gasteiger partial charge in [-0.05, 0) is 6.07 Å². The van der Waals surface area contributed by atoms with Crippen molar-refractivity contribution in [3.63, 3.8) is 0 Å². The topological polar surface area (TPSA) is 34.8 Å². The summed E-state index contributed by atoms with van der Waals surface area (Å²) in [6, 6.07) is 1.95. The maximum absolute atomic E-state index is 12.8. The molecule has 1 N–H and O–H groups in total. The lowest BCUT2D eigenvalue weighted by molar-refractivity contribution is 0.603. The van der Waals surface area contributed by atoms with Crippen LogP contribution in [0, 0.1) is 5.82 Å². The first-order chi connectivity index (χ1) is 4.88. The Hall–Kier alpha value is -0.960. The highest BCUT2D eigenvalue weighted by Crippen LogP contribution is 2.22. The second-order valence-corrected chi connectivity index (χ2v) is 2.36. The van der Waals surface area contributed by atoms with E-state index in [1.807, 2.05) is 0 Å². The van der Waals surface area contributed by atoms with Gasteiger partial charge in [-0.25, -0.2) is 4.39 Å². The SMILES string of the molecule is Fc1cnccc1[C@H]1CN1. The van der Waals surface area contributed by atoms with Crippen LogP contribution in [0.3, 0.4) is 0 Å². The van der Waals surface area contributed by atoms with Crippen molar-refractivity contribution in [2.45, 2.75) is 6.04 Å². The van der Waals surface area contributed by atoms with Crippen molar-refractivity contribution in [2.75, 3.05) is 6.54 Å². The molecule has 0 aliphatic carbocycles. The second-order valence-electron chi connectivity index (χ2n) is 2.36. The quantitative estimate of drug-likeness (QED) is 0.584. The van der Waals surface area contributed by atoms with E-state index >= 15 is 0 Å². The van der Waals surface area contributed by atoms with Gasteiger partial charge in [0.2, 0.25) is 0 Å². The maximum Gasteiger partial charge on any atom is 0.146 e. The molecule has 1 aromatic heterocycles. The Morgan fingerprint density at radius 1 is 1.70 bits per heavy atom. The smallest absolute Gasteiger partial charge is 0.146 e. The fraction of sp³-hybridized carbons (Fsp3) is 0.286. The highest BCUT2D eigenvalue weighted by molar-refractivity contribution is 5.21. The monoisotopic (exact) mass is 138 g/mol. The number of nitrogens with zero attached hydrogens (tertiary/aromatic N) is 1. The highest BCUT2D eigenvalue weighted by Gasteiger charge is 2.24. The van der Waals surface area contributed by atoms with Gasteiger partial charge in [0.15, 0.2) is 0 Å². The van der Waals surface area contributed by atoms with Crippen molar-refractivity contribution < 1.29 is 4.39 Å². The summed E-state index contributed by atoms with van der Waals surface area (Å²) in [5, 5.41) is 3.02. The first-order valence-electron chi connectivity index (χ1n) is 3.21. The van der Waals surface area contributed by atoms with Gasteiger partial charge in [0.1, 0.15) is 5.82 Å². The third-order valence-corrected chi connectivity index (χ3v) is 1.59. The van der Waals surface area contributed by atoms with Crippen LogP contribution in [-0.2, 0) is 0 Å². The van der Waals surface area contributed by atoms with Gasteiger partial charge in [0, 0.05) is 24.3 Å². The molecule has 2 rings (SSSR count). The molecule has 2 nitrogen and oxygen atoms in total. The molecule has 1 aliphatic heterocycles. The minimum atomic E-state index is -0.211. The fourth-order valence-corrected chi connectivity index (χ4v) is 0.947. The summed E-state index contributed by atoms with van der Waals surface area (Å²) in [5.74, 6) is -0.211. The number of hydrogen-bond donors (Lipinski definition) is 1. The summed E-state index contributed by atoms with van der Waals surface area (Å²) in [5.41, 5.74) is 0.731. The lowest BCUT2D eigenvalue weighted by Crippen LogP contribution is -1.90. The van der Waals surface area contributed by atoms with Gasteiger partial charge in [-0.1, -0.05) is 0 Å². The van der Waals surface area contributed by atoms with Crippen LogP contribution in [0.5, 0.6) is 0 Å². The number of halogens is 1. The predicted octanol–water partition coefficient (Wildman–Crippen LogP) is 0.865. The molecule has 0 radical (unpaired) electrons. The molecule has 1 aromatic rings. The van der Waals surface area contributed by atoms with E-state index in [2.05, 4.69) is 10.3 Å². The van der Waals surface area contributed by atoms with Gasteiger partial charge < -0.3 is 5.32 Å². The van der Waals surface area contributed by atoms with Crippen molar-refractivity contribution in [3.05, 3.63) is 29.8 Å². The molecule has 2 heterocycles. The first-order valence-corrected chi connectivity index (χ1v) is 3.21. The molecule has 1 aliphatic rings. The molecule has 0 bridgehead atoms. The first kappa shape index (κ1) is 5.80. The van der Waals surface area contributed by atoms with E-state index < -0.39 is 0 Å². The number of pyridine rings is 1. The van der Waals surface area contributed by atoms with Crippen LogP contribution < -0.4 is 5.32 Å². The lowest BCUT2D eigenvalue weighted by atomic mass is 10.2. The zero-order valence-corrected chi connectivity index (χ0v) is 5.34. The summed E-state index contributed by atoms with van der Waals surface area (Å²) in [7, 11) is 0. The standard InChI is InChI=1S/C7H7FN2/c8-6-3-9-2-1-5(6)7-4-10-7/h1-3,7,10H,4H2/t7-/m1/s1.